The normalized spacial score (nSPS) is 12.8. The van der Waals surface area contributed by atoms with Crippen LogP contribution in [0.1, 0.15) is 19.5 Å². The molecule has 3 heteroatoms. The summed E-state index contributed by atoms with van der Waals surface area (Å²) in [5.41, 5.74) is 1.01. The van der Waals surface area contributed by atoms with Crippen LogP contribution in [0.15, 0.2) is 23.2 Å². The highest BCUT2D eigenvalue weighted by molar-refractivity contribution is 7.85. The maximum absolute atomic E-state index is 11.4. The third-order valence-electron chi connectivity index (χ3n) is 1.68. The molecule has 12 heavy (non-hydrogen) atoms. The van der Waals surface area contributed by atoms with Crippen molar-refractivity contribution in [3.63, 3.8) is 0 Å². The second-order valence-electron chi connectivity index (χ2n) is 2.47. The van der Waals surface area contributed by atoms with Gasteiger partial charge in [0.05, 0.1) is 10.8 Å². The van der Waals surface area contributed by atoms with Crippen LogP contribution in [0.25, 0.3) is 0 Å². The summed E-state index contributed by atoms with van der Waals surface area (Å²) in [5.74, 6) is 0.674. The molecule has 0 saturated carbocycles. The Labute approximate surface area is 75.5 Å². The Hall–Kier alpha value is -0.700. The maximum atomic E-state index is 11.4. The third kappa shape index (κ3) is 2.14. The van der Waals surface area contributed by atoms with Crippen molar-refractivity contribution in [2.75, 3.05) is 5.75 Å². The van der Waals surface area contributed by atoms with E-state index < -0.39 is 10.8 Å². The zero-order valence-electron chi connectivity index (χ0n) is 7.41. The van der Waals surface area contributed by atoms with E-state index in [9.17, 15) is 4.21 Å². The number of rotatable bonds is 3. The van der Waals surface area contributed by atoms with Gasteiger partial charge in [-0.25, -0.2) is 0 Å². The number of hydrogen-bond donors (Lipinski definition) is 0. The first-order chi connectivity index (χ1) is 5.77. The molecule has 0 saturated heterocycles. The molecule has 1 atom stereocenters. The van der Waals surface area contributed by atoms with Gasteiger partial charge in [-0.3, -0.25) is 9.19 Å². The van der Waals surface area contributed by atoms with Crippen LogP contribution >= 0.6 is 0 Å². The maximum Gasteiger partial charge on any atom is 0.0527 e. The molecule has 0 radical (unpaired) electrons. The molecule has 0 spiro atoms. The Morgan fingerprint density at radius 1 is 1.50 bits per heavy atom. The van der Waals surface area contributed by atoms with E-state index in [4.69, 9.17) is 0 Å². The molecule has 1 aromatic heterocycles. The monoisotopic (exact) mass is 183 g/mol. The van der Waals surface area contributed by atoms with Gasteiger partial charge in [-0.05, 0) is 18.6 Å². The zero-order chi connectivity index (χ0) is 8.97. The largest absolute Gasteiger partial charge is 0.261 e. The lowest BCUT2D eigenvalue weighted by Gasteiger charge is -2.00. The van der Waals surface area contributed by atoms with Crippen molar-refractivity contribution < 1.29 is 4.21 Å². The average molecular weight is 183 g/mol. The minimum Gasteiger partial charge on any atom is -0.261 e. The summed E-state index contributed by atoms with van der Waals surface area (Å²) in [6.07, 6.45) is 2.62. The third-order valence-corrected chi connectivity index (χ3v) is 2.98. The van der Waals surface area contributed by atoms with Crippen molar-refractivity contribution in [2.45, 2.75) is 25.2 Å². The van der Waals surface area contributed by atoms with Crippen LogP contribution in [0.3, 0.4) is 0 Å². The molecule has 2 nitrogen and oxygen atoms in total. The van der Waals surface area contributed by atoms with Crippen molar-refractivity contribution in [1.29, 1.82) is 0 Å². The van der Waals surface area contributed by atoms with E-state index >= 15 is 0 Å². The van der Waals surface area contributed by atoms with Crippen LogP contribution in [0.2, 0.25) is 0 Å². The second-order valence-corrected chi connectivity index (χ2v) is 4.21. The van der Waals surface area contributed by atoms with Crippen LogP contribution in [0, 0.1) is 0 Å². The van der Waals surface area contributed by atoms with E-state index in [1.165, 1.54) is 0 Å². The van der Waals surface area contributed by atoms with E-state index in [2.05, 4.69) is 4.98 Å². The minimum absolute atomic E-state index is 0.674. The highest BCUT2D eigenvalue weighted by atomic mass is 32.2. The van der Waals surface area contributed by atoms with Crippen molar-refractivity contribution in [1.82, 2.24) is 4.98 Å². The molecule has 0 aromatic carbocycles. The molecular formula is C9H13NOS. The van der Waals surface area contributed by atoms with Gasteiger partial charge < -0.3 is 0 Å². The number of aryl methyl sites for hydroxylation is 1. The first-order valence-corrected chi connectivity index (χ1v) is 5.43. The number of pyridine rings is 1. The Morgan fingerprint density at radius 2 is 2.25 bits per heavy atom. The van der Waals surface area contributed by atoms with E-state index in [0.29, 0.717) is 5.75 Å². The van der Waals surface area contributed by atoms with E-state index in [0.717, 1.165) is 17.0 Å². The van der Waals surface area contributed by atoms with Crippen molar-refractivity contribution in [3.05, 3.63) is 24.0 Å². The highest BCUT2D eigenvalue weighted by Crippen LogP contribution is 2.07. The molecule has 66 valence electrons. The van der Waals surface area contributed by atoms with Gasteiger partial charge in [0.25, 0.3) is 0 Å². The fourth-order valence-corrected chi connectivity index (χ4v) is 1.77. The fourth-order valence-electron chi connectivity index (χ4n) is 0.958. The number of aromatic nitrogens is 1. The molecule has 1 rings (SSSR count). The number of hydrogen-bond acceptors (Lipinski definition) is 2. The zero-order valence-corrected chi connectivity index (χ0v) is 8.23. The van der Waals surface area contributed by atoms with Gasteiger partial charge in [-0.15, -0.1) is 0 Å². The lowest BCUT2D eigenvalue weighted by molar-refractivity contribution is 0.683. The van der Waals surface area contributed by atoms with E-state index in [1.807, 2.05) is 26.0 Å². The van der Waals surface area contributed by atoms with Gasteiger partial charge in [-0.2, -0.15) is 0 Å². The standard InChI is InChI=1S/C9H13NOS/c1-3-8-7-9(5-6-10-8)12(11)4-2/h5-7H,3-4H2,1-2H3. The quantitative estimate of drug-likeness (QED) is 0.715. The number of nitrogens with zero attached hydrogens (tertiary/aromatic N) is 1. The molecular weight excluding hydrogens is 170 g/mol. The van der Waals surface area contributed by atoms with Crippen LogP contribution in [-0.4, -0.2) is 14.9 Å². The molecule has 0 aliphatic rings. The van der Waals surface area contributed by atoms with Crippen molar-refractivity contribution in [3.8, 4) is 0 Å². The summed E-state index contributed by atoms with van der Waals surface area (Å²) in [5, 5.41) is 0. The van der Waals surface area contributed by atoms with Gasteiger partial charge >= 0.3 is 0 Å². The summed E-state index contributed by atoms with van der Waals surface area (Å²) in [6.45, 7) is 3.96. The van der Waals surface area contributed by atoms with Gasteiger partial charge in [0.1, 0.15) is 0 Å². The molecule has 1 unspecified atom stereocenters. The van der Waals surface area contributed by atoms with Gasteiger partial charge in [0.2, 0.25) is 0 Å². The van der Waals surface area contributed by atoms with Crippen molar-refractivity contribution in [2.24, 2.45) is 0 Å². The molecule has 0 bridgehead atoms. The Kier molecular flexibility index (Phi) is 3.41. The molecule has 0 amide bonds. The predicted octanol–water partition coefficient (Wildman–Crippen LogP) is 1.77. The van der Waals surface area contributed by atoms with Crippen molar-refractivity contribution >= 4 is 10.8 Å². The Bertz CT molecular complexity index is 286. The fraction of sp³-hybridized carbons (Fsp3) is 0.444. The Morgan fingerprint density at radius 3 is 2.83 bits per heavy atom. The Balaban J connectivity index is 2.93. The van der Waals surface area contributed by atoms with E-state index in [-0.39, 0.29) is 0 Å². The molecule has 0 N–H and O–H groups in total. The van der Waals surface area contributed by atoms with Crippen LogP contribution in [0.4, 0.5) is 0 Å². The lowest BCUT2D eigenvalue weighted by Crippen LogP contribution is -1.96. The highest BCUT2D eigenvalue weighted by Gasteiger charge is 2.00. The second kappa shape index (κ2) is 4.36. The summed E-state index contributed by atoms with van der Waals surface area (Å²) >= 11 is 0. The van der Waals surface area contributed by atoms with Gasteiger partial charge in [0, 0.05) is 22.5 Å². The lowest BCUT2D eigenvalue weighted by atomic mass is 10.3. The van der Waals surface area contributed by atoms with Crippen LogP contribution in [-0.2, 0) is 17.2 Å². The first-order valence-electron chi connectivity index (χ1n) is 4.11. The molecule has 0 aliphatic heterocycles. The van der Waals surface area contributed by atoms with Crippen LogP contribution in [0.5, 0.6) is 0 Å². The first kappa shape index (κ1) is 9.39. The summed E-state index contributed by atoms with van der Waals surface area (Å²) in [7, 11) is -0.842. The van der Waals surface area contributed by atoms with Crippen LogP contribution < -0.4 is 0 Å². The summed E-state index contributed by atoms with van der Waals surface area (Å²) in [4.78, 5) is 5.03. The minimum atomic E-state index is -0.842. The summed E-state index contributed by atoms with van der Waals surface area (Å²) < 4.78 is 11.4. The predicted molar refractivity (Wildman–Crippen MR) is 50.6 cm³/mol. The molecule has 1 heterocycles. The van der Waals surface area contributed by atoms with Gasteiger partial charge in [0.15, 0.2) is 0 Å². The van der Waals surface area contributed by atoms with E-state index in [1.54, 1.807) is 6.20 Å². The molecule has 0 fully saturated rings. The summed E-state index contributed by atoms with van der Waals surface area (Å²) in [6, 6.07) is 3.73. The smallest absolute Gasteiger partial charge is 0.0527 e. The SMILES string of the molecule is CCc1cc(S(=O)CC)ccn1. The van der Waals surface area contributed by atoms with Gasteiger partial charge in [-0.1, -0.05) is 13.8 Å². The molecule has 1 aromatic rings. The average Bonchev–Trinajstić information content (AvgIpc) is 2.17. The molecule has 0 aliphatic carbocycles. The topological polar surface area (TPSA) is 30.0 Å².